The van der Waals surface area contributed by atoms with E-state index in [0.29, 0.717) is 23.0 Å². The molecule has 4 heterocycles. The summed E-state index contributed by atoms with van der Waals surface area (Å²) < 4.78 is 40.8. The summed E-state index contributed by atoms with van der Waals surface area (Å²) in [6.45, 7) is 4.59. The summed E-state index contributed by atoms with van der Waals surface area (Å²) in [5, 5.41) is 0. The van der Waals surface area contributed by atoms with Crippen LogP contribution in [0.4, 0.5) is 0 Å². The molecule has 0 aromatic rings. The van der Waals surface area contributed by atoms with E-state index in [4.69, 9.17) is 37.9 Å². The van der Waals surface area contributed by atoms with Crippen LogP contribution < -0.4 is 0 Å². The van der Waals surface area contributed by atoms with Crippen molar-refractivity contribution in [1.82, 2.24) is 0 Å². The monoisotopic (exact) mass is 464 g/mol. The fourth-order valence-electron chi connectivity index (χ4n) is 2.64. The minimum absolute atomic E-state index is 0.0429. The number of ether oxygens (including phenoxy) is 8. The SMILES string of the molecule is CC1=C(C(=O)OCC(COC(=O)C2=C(C)O2)(COC(=O)C2=C(C)O2)COC(=O)C2=C(C)O2)O1. The van der Waals surface area contributed by atoms with E-state index in [-0.39, 0.29) is 23.0 Å². The molecule has 0 aromatic heterocycles. The summed E-state index contributed by atoms with van der Waals surface area (Å²) in [6, 6.07) is 0. The maximum Gasteiger partial charge on any atom is 0.377 e. The van der Waals surface area contributed by atoms with E-state index in [0.717, 1.165) is 0 Å². The highest BCUT2D eigenvalue weighted by atomic mass is 16.6. The van der Waals surface area contributed by atoms with E-state index in [9.17, 15) is 19.2 Å². The molecule has 4 aliphatic heterocycles. The fraction of sp³-hybridized carbons (Fsp3) is 0.429. The van der Waals surface area contributed by atoms with Gasteiger partial charge in [0.25, 0.3) is 0 Å². The van der Waals surface area contributed by atoms with Gasteiger partial charge in [0.05, 0.1) is 0 Å². The summed E-state index contributed by atoms with van der Waals surface area (Å²) in [5.74, 6) is -1.26. The zero-order chi connectivity index (χ0) is 23.9. The lowest BCUT2D eigenvalue weighted by atomic mass is 9.92. The lowest BCUT2D eigenvalue weighted by Crippen LogP contribution is -2.44. The highest BCUT2D eigenvalue weighted by Crippen LogP contribution is 2.32. The lowest BCUT2D eigenvalue weighted by molar-refractivity contribution is -0.167. The second-order valence-corrected chi connectivity index (χ2v) is 7.75. The molecule has 0 amide bonds. The van der Waals surface area contributed by atoms with Gasteiger partial charge in [-0.25, -0.2) is 19.2 Å². The first-order valence-electron chi connectivity index (χ1n) is 9.83. The Morgan fingerprint density at radius 3 is 0.848 bits per heavy atom. The van der Waals surface area contributed by atoms with Crippen LogP contribution in [0.1, 0.15) is 27.7 Å². The van der Waals surface area contributed by atoms with Crippen molar-refractivity contribution in [3.05, 3.63) is 46.1 Å². The van der Waals surface area contributed by atoms with Crippen LogP contribution in [0.2, 0.25) is 0 Å². The first-order valence-corrected chi connectivity index (χ1v) is 9.83. The van der Waals surface area contributed by atoms with Crippen LogP contribution in [0, 0.1) is 5.41 Å². The van der Waals surface area contributed by atoms with Gasteiger partial charge in [-0.15, -0.1) is 0 Å². The highest BCUT2D eigenvalue weighted by molar-refractivity contribution is 5.92. The zero-order valence-corrected chi connectivity index (χ0v) is 18.2. The molecule has 0 spiro atoms. The topological polar surface area (TPSA) is 155 Å². The third-order valence-corrected chi connectivity index (χ3v) is 4.91. The number of hydrogen-bond acceptors (Lipinski definition) is 12. The first kappa shape index (κ1) is 22.2. The fourth-order valence-corrected chi connectivity index (χ4v) is 2.64. The van der Waals surface area contributed by atoms with Crippen molar-refractivity contribution < 1.29 is 57.1 Å². The molecule has 0 saturated carbocycles. The second-order valence-electron chi connectivity index (χ2n) is 7.75. The molecule has 12 nitrogen and oxygen atoms in total. The molecular formula is C21H20O12. The third-order valence-electron chi connectivity index (χ3n) is 4.91. The summed E-state index contributed by atoms with van der Waals surface area (Å²) >= 11 is 0. The van der Waals surface area contributed by atoms with Crippen molar-refractivity contribution in [1.29, 1.82) is 0 Å². The van der Waals surface area contributed by atoms with Gasteiger partial charge in [0, 0.05) is 0 Å². The van der Waals surface area contributed by atoms with Crippen LogP contribution in [0.25, 0.3) is 0 Å². The Labute approximate surface area is 187 Å². The van der Waals surface area contributed by atoms with Gasteiger partial charge in [-0.1, -0.05) is 0 Å². The maximum absolute atomic E-state index is 12.1. The Kier molecular flexibility index (Phi) is 5.52. The Bertz CT molecular complexity index is 913. The molecular weight excluding hydrogens is 444 g/mol. The first-order chi connectivity index (χ1) is 15.6. The molecule has 0 aromatic carbocycles. The Balaban J connectivity index is 1.48. The van der Waals surface area contributed by atoms with Crippen molar-refractivity contribution in [2.24, 2.45) is 5.41 Å². The van der Waals surface area contributed by atoms with Gasteiger partial charge in [0.1, 0.15) is 31.8 Å². The van der Waals surface area contributed by atoms with Gasteiger partial charge < -0.3 is 37.9 Å². The normalized spacial score (nSPS) is 17.3. The standard InChI is InChI=1S/C21H20O12/c1-9-13(30-9)17(22)26-5-21(6-27-18(23)14-10(2)31-14,7-28-19(24)15-11(3)32-15)8-29-20(25)16-12(4)33-16/h5-8H2,1-4H3. The van der Waals surface area contributed by atoms with Crippen molar-refractivity contribution in [3.63, 3.8) is 0 Å². The smallest absolute Gasteiger partial charge is 0.377 e. The molecule has 0 radical (unpaired) electrons. The quantitative estimate of drug-likeness (QED) is 0.301. The predicted molar refractivity (Wildman–Crippen MR) is 101 cm³/mol. The van der Waals surface area contributed by atoms with Crippen LogP contribution in [-0.2, 0) is 57.1 Å². The number of hydrogen-bond donors (Lipinski definition) is 0. The van der Waals surface area contributed by atoms with Crippen molar-refractivity contribution in [2.75, 3.05) is 26.4 Å². The minimum Gasteiger partial charge on any atom is -0.459 e. The Morgan fingerprint density at radius 2 is 0.697 bits per heavy atom. The molecule has 33 heavy (non-hydrogen) atoms. The highest BCUT2D eigenvalue weighted by Gasteiger charge is 2.43. The average molecular weight is 464 g/mol. The van der Waals surface area contributed by atoms with Gasteiger partial charge in [-0.3, -0.25) is 0 Å². The number of carbonyl (C=O) groups excluding carboxylic acids is 4. The van der Waals surface area contributed by atoms with Crippen LogP contribution in [0.15, 0.2) is 46.1 Å². The van der Waals surface area contributed by atoms with E-state index < -0.39 is 55.7 Å². The second kappa shape index (κ2) is 8.19. The molecule has 0 unspecified atom stereocenters. The number of rotatable bonds is 12. The van der Waals surface area contributed by atoms with Crippen LogP contribution in [0.3, 0.4) is 0 Å². The molecule has 0 fully saturated rings. The van der Waals surface area contributed by atoms with Crippen molar-refractivity contribution >= 4 is 23.9 Å². The van der Waals surface area contributed by atoms with Crippen LogP contribution in [-0.4, -0.2) is 50.3 Å². The minimum atomic E-state index is -1.45. The summed E-state index contributed by atoms with van der Waals surface area (Å²) in [5.41, 5.74) is -1.45. The maximum atomic E-state index is 12.1. The number of allylic oxidation sites excluding steroid dienone is 4. The number of carbonyl (C=O) groups is 4. The average Bonchev–Trinajstić information content (AvgIpc) is 3.57. The van der Waals surface area contributed by atoms with E-state index >= 15 is 0 Å². The summed E-state index contributed by atoms with van der Waals surface area (Å²) in [4.78, 5) is 48.6. The predicted octanol–water partition coefficient (Wildman–Crippen LogP) is 1.19. The molecule has 0 saturated heterocycles. The van der Waals surface area contributed by atoms with E-state index in [1.807, 2.05) is 0 Å². The molecule has 4 aliphatic rings. The molecule has 0 aliphatic carbocycles. The lowest BCUT2D eigenvalue weighted by Gasteiger charge is -2.30. The van der Waals surface area contributed by atoms with Gasteiger partial charge in [0.15, 0.2) is 23.0 Å². The largest absolute Gasteiger partial charge is 0.459 e. The van der Waals surface area contributed by atoms with Crippen LogP contribution >= 0.6 is 0 Å². The molecule has 0 N–H and O–H groups in total. The van der Waals surface area contributed by atoms with Gasteiger partial charge in [-0.05, 0) is 27.7 Å². The molecule has 0 bridgehead atoms. The molecule has 12 heteroatoms. The summed E-state index contributed by atoms with van der Waals surface area (Å²) in [6.07, 6.45) is 0. The van der Waals surface area contributed by atoms with E-state index in [2.05, 4.69) is 0 Å². The van der Waals surface area contributed by atoms with E-state index in [1.165, 1.54) is 0 Å². The summed E-state index contributed by atoms with van der Waals surface area (Å²) in [7, 11) is 0. The van der Waals surface area contributed by atoms with Crippen LogP contribution in [0.5, 0.6) is 0 Å². The Morgan fingerprint density at radius 1 is 0.515 bits per heavy atom. The molecule has 176 valence electrons. The third kappa shape index (κ3) is 5.27. The molecule has 0 atom stereocenters. The van der Waals surface area contributed by atoms with Crippen molar-refractivity contribution in [2.45, 2.75) is 27.7 Å². The van der Waals surface area contributed by atoms with E-state index in [1.54, 1.807) is 27.7 Å². The Hall–Kier alpha value is -3.96. The van der Waals surface area contributed by atoms with Gasteiger partial charge in [0.2, 0.25) is 23.0 Å². The van der Waals surface area contributed by atoms with Gasteiger partial charge >= 0.3 is 23.9 Å². The number of esters is 4. The van der Waals surface area contributed by atoms with Gasteiger partial charge in [-0.2, -0.15) is 0 Å². The molecule has 4 rings (SSSR count). The zero-order valence-electron chi connectivity index (χ0n) is 18.2. The van der Waals surface area contributed by atoms with Crippen molar-refractivity contribution in [3.8, 4) is 0 Å².